The zero-order chi connectivity index (χ0) is 23.7. The van der Waals surface area contributed by atoms with E-state index < -0.39 is 0 Å². The third-order valence-corrected chi connectivity index (χ3v) is 16.8. The van der Waals surface area contributed by atoms with Crippen LogP contribution in [0, 0.1) is 81.8 Å². The van der Waals surface area contributed by atoms with Gasteiger partial charge in [-0.15, -0.1) is 0 Å². The van der Waals surface area contributed by atoms with E-state index in [4.69, 9.17) is 0 Å². The average molecular weight is 485 g/mol. The molecule has 12 fully saturated rings. The molecule has 0 unspecified atom stereocenters. The van der Waals surface area contributed by atoms with E-state index in [0.717, 1.165) is 81.8 Å². The molecule has 0 N–H and O–H groups in total. The molecule has 38 heavy (non-hydrogen) atoms. The summed E-state index contributed by atoms with van der Waals surface area (Å²) < 4.78 is 0. The van der Waals surface area contributed by atoms with Gasteiger partial charge in [-0.05, 0) is 115 Å². The second kappa shape index (κ2) is 4.51. The second-order valence-electron chi connectivity index (χ2n) is 15.5. The summed E-state index contributed by atoms with van der Waals surface area (Å²) in [6.45, 7) is 0. The standard InChI is InChI=1S/C38H28/c1-2-6-17(7-3-1)19-10-13-21(14-11-19)35-23-29-24(35)31-25(35)30(23)37(29,31)38-32-26-33(38)28-34(38)27(32)36(26,28)22-15-12-18-8-4-5-9-20(18)16-22/h1-16,23-34H. The highest BCUT2D eigenvalue weighted by molar-refractivity contribution is 5.84. The molecule has 0 heterocycles. The van der Waals surface area contributed by atoms with E-state index in [9.17, 15) is 0 Å². The van der Waals surface area contributed by atoms with E-state index in [2.05, 4.69) is 97.1 Å². The maximum absolute atomic E-state index is 2.60. The summed E-state index contributed by atoms with van der Waals surface area (Å²) in [6.07, 6.45) is 0. The molecule has 0 atom stereocenters. The van der Waals surface area contributed by atoms with Crippen molar-refractivity contribution in [2.45, 2.75) is 10.8 Å². The molecule has 0 aromatic heterocycles. The minimum Gasteiger partial charge on any atom is -0.0622 e. The van der Waals surface area contributed by atoms with Crippen molar-refractivity contribution in [3.05, 3.63) is 108 Å². The maximum Gasteiger partial charge on any atom is 0.00556 e. The molecule has 4 aromatic rings. The van der Waals surface area contributed by atoms with Gasteiger partial charge in [-0.25, -0.2) is 0 Å². The summed E-state index contributed by atoms with van der Waals surface area (Å²) in [5, 5.41) is 2.89. The Kier molecular flexibility index (Phi) is 2.10. The van der Waals surface area contributed by atoms with Gasteiger partial charge in [-0.3, -0.25) is 0 Å². The topological polar surface area (TPSA) is 0 Å². The lowest BCUT2D eigenvalue weighted by molar-refractivity contribution is -0.749. The van der Waals surface area contributed by atoms with Crippen molar-refractivity contribution in [1.82, 2.24) is 0 Å². The molecule has 0 heteroatoms. The van der Waals surface area contributed by atoms with E-state index >= 15 is 0 Å². The van der Waals surface area contributed by atoms with Crippen LogP contribution in [0.1, 0.15) is 11.1 Å². The van der Waals surface area contributed by atoms with Gasteiger partial charge in [0, 0.05) is 10.8 Å². The fourth-order valence-corrected chi connectivity index (χ4v) is 17.0. The van der Waals surface area contributed by atoms with Crippen LogP contribution in [0.3, 0.4) is 0 Å². The molecule has 4 aromatic carbocycles. The fourth-order valence-electron chi connectivity index (χ4n) is 17.0. The Morgan fingerprint density at radius 1 is 0.342 bits per heavy atom. The highest BCUT2D eigenvalue weighted by atomic mass is 15.2. The van der Waals surface area contributed by atoms with Gasteiger partial charge in [0.1, 0.15) is 0 Å². The Bertz CT molecular complexity index is 1770. The summed E-state index contributed by atoms with van der Waals surface area (Å²) in [5.74, 6) is 13.4. The SMILES string of the molecule is c1ccc(-c2ccc(C34C5C6C3C3C4C5C63C34C5C6C3C3C4C5C63c3ccc4ccccc4c3)cc2)cc1. The van der Waals surface area contributed by atoms with Gasteiger partial charge in [0.25, 0.3) is 0 Å². The average Bonchev–Trinajstić information content (AvgIpc) is 3.01. The van der Waals surface area contributed by atoms with Crippen molar-refractivity contribution in [2.24, 2.45) is 81.8 Å². The smallest absolute Gasteiger partial charge is 0.00556 e. The van der Waals surface area contributed by atoms with Crippen LogP contribution in [0.15, 0.2) is 97.1 Å². The number of hydrogen-bond acceptors (Lipinski definition) is 0. The summed E-state index contributed by atoms with van der Waals surface area (Å²) >= 11 is 0. The van der Waals surface area contributed by atoms with E-state index in [1.807, 2.05) is 0 Å². The van der Waals surface area contributed by atoms with E-state index in [0.29, 0.717) is 10.8 Å². The van der Waals surface area contributed by atoms with E-state index in [-0.39, 0.29) is 0 Å². The fraction of sp³-hybridized carbons (Fsp3) is 0.421. The molecule has 12 aliphatic carbocycles. The van der Waals surface area contributed by atoms with Crippen molar-refractivity contribution in [2.75, 3.05) is 0 Å². The highest BCUT2D eigenvalue weighted by Crippen LogP contribution is 3.22. The summed E-state index contributed by atoms with van der Waals surface area (Å²) in [6, 6.07) is 37.4. The Balaban J connectivity index is 0.791. The second-order valence-corrected chi connectivity index (χ2v) is 15.5. The number of fused-ring (bicyclic) bond motifs is 1. The van der Waals surface area contributed by atoms with Crippen LogP contribution in [0.25, 0.3) is 21.9 Å². The highest BCUT2D eigenvalue weighted by Gasteiger charge is 3.21. The molecule has 0 bridgehead atoms. The monoisotopic (exact) mass is 484 g/mol. The predicted molar refractivity (Wildman–Crippen MR) is 146 cm³/mol. The molecule has 12 aliphatic rings. The van der Waals surface area contributed by atoms with Gasteiger partial charge in [0.2, 0.25) is 0 Å². The van der Waals surface area contributed by atoms with Crippen LogP contribution in [0.5, 0.6) is 0 Å². The lowest BCUT2D eigenvalue weighted by Crippen LogP contribution is -3.22. The van der Waals surface area contributed by atoms with Crippen molar-refractivity contribution >= 4 is 10.8 Å². The number of benzene rings is 4. The van der Waals surface area contributed by atoms with Crippen LogP contribution in [0.2, 0.25) is 0 Å². The molecule has 0 aliphatic heterocycles. The normalized spacial score (nSPS) is 60.5. The van der Waals surface area contributed by atoms with Gasteiger partial charge in [0.15, 0.2) is 0 Å². The summed E-state index contributed by atoms with van der Waals surface area (Å²) in [4.78, 5) is 0. The van der Waals surface area contributed by atoms with Gasteiger partial charge in [0.05, 0.1) is 0 Å². The van der Waals surface area contributed by atoms with E-state index in [1.165, 1.54) is 21.9 Å². The van der Waals surface area contributed by atoms with Crippen LogP contribution >= 0.6 is 0 Å². The first-order chi connectivity index (χ1) is 18.9. The van der Waals surface area contributed by atoms with Crippen LogP contribution in [0.4, 0.5) is 0 Å². The minimum atomic E-state index is 0.641. The molecule has 0 amide bonds. The Labute approximate surface area is 222 Å². The van der Waals surface area contributed by atoms with Crippen molar-refractivity contribution in [3.63, 3.8) is 0 Å². The van der Waals surface area contributed by atoms with Crippen LogP contribution in [-0.4, -0.2) is 0 Å². The third kappa shape index (κ3) is 1.05. The third-order valence-electron chi connectivity index (χ3n) is 16.8. The van der Waals surface area contributed by atoms with Gasteiger partial charge < -0.3 is 0 Å². The molecular formula is C38H28. The lowest BCUT2D eigenvalue weighted by atomic mass is 8.80. The zero-order valence-corrected chi connectivity index (χ0v) is 21.2. The molecule has 180 valence electrons. The minimum absolute atomic E-state index is 0.641. The van der Waals surface area contributed by atoms with Gasteiger partial charge in [-0.1, -0.05) is 97.1 Å². The molecular weight excluding hydrogens is 456 g/mol. The predicted octanol–water partition coefficient (Wildman–Crippen LogP) is 7.19. The molecule has 0 nitrogen and oxygen atoms in total. The Morgan fingerprint density at radius 2 is 0.789 bits per heavy atom. The van der Waals surface area contributed by atoms with Gasteiger partial charge >= 0.3 is 0 Å². The summed E-state index contributed by atoms with van der Waals surface area (Å²) in [5.41, 5.74) is 9.26. The molecule has 0 radical (unpaired) electrons. The van der Waals surface area contributed by atoms with Crippen LogP contribution < -0.4 is 0 Å². The largest absolute Gasteiger partial charge is 0.0622 e. The quantitative estimate of drug-likeness (QED) is 0.288. The first-order valence-corrected chi connectivity index (χ1v) is 15.5. The van der Waals surface area contributed by atoms with E-state index in [1.54, 1.807) is 11.1 Å². The first kappa shape index (κ1) is 17.7. The lowest BCUT2D eigenvalue weighted by Gasteiger charge is -3.23. The van der Waals surface area contributed by atoms with Crippen molar-refractivity contribution in [1.29, 1.82) is 0 Å². The van der Waals surface area contributed by atoms with Crippen molar-refractivity contribution < 1.29 is 0 Å². The number of rotatable bonds is 4. The number of hydrogen-bond donors (Lipinski definition) is 0. The maximum atomic E-state index is 2.60. The zero-order valence-electron chi connectivity index (χ0n) is 21.2. The Hall–Kier alpha value is -2.86. The van der Waals surface area contributed by atoms with Gasteiger partial charge in [-0.2, -0.15) is 0 Å². The molecule has 0 saturated heterocycles. The summed E-state index contributed by atoms with van der Waals surface area (Å²) in [7, 11) is 0. The first-order valence-electron chi connectivity index (χ1n) is 15.5. The molecule has 12 saturated carbocycles. The molecule has 0 spiro atoms. The molecule has 16 rings (SSSR count). The van der Waals surface area contributed by atoms with Crippen molar-refractivity contribution in [3.8, 4) is 11.1 Å². The Morgan fingerprint density at radius 3 is 1.37 bits per heavy atom. The van der Waals surface area contributed by atoms with Crippen LogP contribution in [-0.2, 0) is 10.8 Å².